The van der Waals surface area contributed by atoms with E-state index in [4.69, 9.17) is 4.74 Å². The predicted molar refractivity (Wildman–Crippen MR) is 89.8 cm³/mol. The number of benzene rings is 1. The standard InChI is InChI=1S/C19H30O3/c1-3-5-10-17(14-20)18(11-6-4-2)15-22-19(21)16-12-8-7-9-13-16/h7-9,12-13,17-18,20H,3-6,10-11,14-15H2,1-2H3. The zero-order valence-corrected chi connectivity index (χ0v) is 14.0. The SMILES string of the molecule is CCCCC(CO)C(CCCC)COC(=O)c1ccccc1. The average molecular weight is 306 g/mol. The van der Waals surface area contributed by atoms with Gasteiger partial charge in [-0.25, -0.2) is 4.79 Å². The number of carbonyl (C=O) groups excluding carboxylic acids is 1. The molecule has 0 saturated carbocycles. The van der Waals surface area contributed by atoms with Crippen molar-refractivity contribution in [1.82, 2.24) is 0 Å². The number of esters is 1. The molecule has 1 N–H and O–H groups in total. The Balaban J connectivity index is 2.57. The molecule has 124 valence electrons. The Hall–Kier alpha value is -1.35. The van der Waals surface area contributed by atoms with E-state index < -0.39 is 0 Å². The molecule has 0 radical (unpaired) electrons. The van der Waals surface area contributed by atoms with E-state index in [0.29, 0.717) is 12.2 Å². The summed E-state index contributed by atoms with van der Waals surface area (Å²) in [5, 5.41) is 9.66. The molecule has 0 spiro atoms. The second-order valence-electron chi connectivity index (χ2n) is 5.95. The van der Waals surface area contributed by atoms with Crippen LogP contribution in [0.25, 0.3) is 0 Å². The summed E-state index contributed by atoms with van der Waals surface area (Å²) in [7, 11) is 0. The summed E-state index contributed by atoms with van der Waals surface area (Å²) in [5.41, 5.74) is 0.589. The average Bonchev–Trinajstić information content (AvgIpc) is 2.57. The Morgan fingerprint density at radius 2 is 1.64 bits per heavy atom. The fourth-order valence-electron chi connectivity index (χ4n) is 2.70. The van der Waals surface area contributed by atoms with Crippen LogP contribution in [0.4, 0.5) is 0 Å². The van der Waals surface area contributed by atoms with Gasteiger partial charge in [-0.05, 0) is 36.8 Å². The summed E-state index contributed by atoms with van der Waals surface area (Å²) >= 11 is 0. The molecule has 2 atom stereocenters. The van der Waals surface area contributed by atoms with Gasteiger partial charge >= 0.3 is 5.97 Å². The number of aliphatic hydroxyl groups is 1. The monoisotopic (exact) mass is 306 g/mol. The van der Waals surface area contributed by atoms with Gasteiger partial charge < -0.3 is 9.84 Å². The number of hydrogen-bond donors (Lipinski definition) is 1. The molecule has 1 rings (SSSR count). The van der Waals surface area contributed by atoms with Gasteiger partial charge in [-0.3, -0.25) is 0 Å². The summed E-state index contributed by atoms with van der Waals surface area (Å²) in [6.07, 6.45) is 6.48. The molecule has 0 fully saturated rings. The van der Waals surface area contributed by atoms with Gasteiger partial charge in [0.1, 0.15) is 0 Å². The van der Waals surface area contributed by atoms with Crippen LogP contribution in [0.3, 0.4) is 0 Å². The highest BCUT2D eigenvalue weighted by Crippen LogP contribution is 2.24. The van der Waals surface area contributed by atoms with E-state index in [-0.39, 0.29) is 24.4 Å². The van der Waals surface area contributed by atoms with E-state index in [1.165, 1.54) is 0 Å². The molecular formula is C19H30O3. The van der Waals surface area contributed by atoms with Crippen LogP contribution >= 0.6 is 0 Å². The molecule has 1 aromatic carbocycles. The molecule has 0 aliphatic rings. The Morgan fingerprint density at radius 3 is 2.18 bits per heavy atom. The lowest BCUT2D eigenvalue weighted by Gasteiger charge is -2.25. The van der Waals surface area contributed by atoms with Crippen LogP contribution in [0.5, 0.6) is 0 Å². The Labute approximate surface area is 134 Å². The molecule has 0 aliphatic carbocycles. The summed E-state index contributed by atoms with van der Waals surface area (Å²) in [4.78, 5) is 12.1. The first-order valence-electron chi connectivity index (χ1n) is 8.55. The van der Waals surface area contributed by atoms with Crippen LogP contribution in [0.2, 0.25) is 0 Å². The fraction of sp³-hybridized carbons (Fsp3) is 0.632. The van der Waals surface area contributed by atoms with Gasteiger partial charge in [-0.15, -0.1) is 0 Å². The van der Waals surface area contributed by atoms with Crippen molar-refractivity contribution in [2.24, 2.45) is 11.8 Å². The molecule has 0 aliphatic heterocycles. The van der Waals surface area contributed by atoms with Gasteiger partial charge in [0.15, 0.2) is 0 Å². The van der Waals surface area contributed by atoms with E-state index in [9.17, 15) is 9.90 Å². The topological polar surface area (TPSA) is 46.5 Å². The van der Waals surface area contributed by atoms with Crippen LogP contribution in [0.15, 0.2) is 30.3 Å². The number of carbonyl (C=O) groups is 1. The first-order valence-corrected chi connectivity index (χ1v) is 8.55. The molecule has 0 aromatic heterocycles. The third kappa shape index (κ3) is 6.61. The zero-order chi connectivity index (χ0) is 16.2. The Bertz CT molecular complexity index is 402. The third-order valence-electron chi connectivity index (χ3n) is 4.20. The normalized spacial score (nSPS) is 13.6. The van der Waals surface area contributed by atoms with Crippen LogP contribution in [-0.2, 0) is 4.74 Å². The van der Waals surface area contributed by atoms with E-state index in [1.54, 1.807) is 12.1 Å². The maximum Gasteiger partial charge on any atom is 0.338 e. The van der Waals surface area contributed by atoms with Gasteiger partial charge in [0.25, 0.3) is 0 Å². The summed E-state index contributed by atoms with van der Waals surface area (Å²) in [6.45, 7) is 4.90. The molecule has 1 aromatic rings. The van der Waals surface area contributed by atoms with Gasteiger partial charge in [0, 0.05) is 6.61 Å². The molecule has 0 heterocycles. The van der Waals surface area contributed by atoms with E-state index in [2.05, 4.69) is 13.8 Å². The number of aliphatic hydroxyl groups excluding tert-OH is 1. The minimum absolute atomic E-state index is 0.178. The van der Waals surface area contributed by atoms with E-state index in [0.717, 1.165) is 38.5 Å². The fourth-order valence-corrected chi connectivity index (χ4v) is 2.70. The highest BCUT2D eigenvalue weighted by Gasteiger charge is 2.22. The molecule has 2 unspecified atom stereocenters. The first-order chi connectivity index (χ1) is 10.7. The Morgan fingerprint density at radius 1 is 1.05 bits per heavy atom. The zero-order valence-electron chi connectivity index (χ0n) is 14.0. The second-order valence-corrected chi connectivity index (χ2v) is 5.95. The smallest absolute Gasteiger partial charge is 0.338 e. The van der Waals surface area contributed by atoms with Crippen LogP contribution < -0.4 is 0 Å². The largest absolute Gasteiger partial charge is 0.462 e. The highest BCUT2D eigenvalue weighted by molar-refractivity contribution is 5.89. The summed E-state index contributed by atoms with van der Waals surface area (Å²) < 4.78 is 5.50. The van der Waals surface area contributed by atoms with Crippen LogP contribution in [0, 0.1) is 11.8 Å². The van der Waals surface area contributed by atoms with Crippen LogP contribution in [0.1, 0.15) is 62.7 Å². The van der Waals surface area contributed by atoms with E-state index in [1.807, 2.05) is 18.2 Å². The maximum atomic E-state index is 12.1. The summed E-state index contributed by atoms with van der Waals surface area (Å²) in [5.74, 6) is 0.216. The van der Waals surface area contributed by atoms with Crippen molar-refractivity contribution in [3.63, 3.8) is 0 Å². The van der Waals surface area contributed by atoms with Crippen molar-refractivity contribution in [3.05, 3.63) is 35.9 Å². The second kappa shape index (κ2) is 11.2. The van der Waals surface area contributed by atoms with Gasteiger partial charge in [0.05, 0.1) is 12.2 Å². The Kier molecular flexibility index (Phi) is 9.56. The first kappa shape index (κ1) is 18.7. The lowest BCUT2D eigenvalue weighted by atomic mass is 9.85. The lowest BCUT2D eigenvalue weighted by Crippen LogP contribution is -2.25. The number of ether oxygens (including phenoxy) is 1. The molecule has 0 saturated heterocycles. The minimum Gasteiger partial charge on any atom is -0.462 e. The summed E-state index contributed by atoms with van der Waals surface area (Å²) in [6, 6.07) is 9.09. The van der Waals surface area contributed by atoms with Crippen molar-refractivity contribution >= 4 is 5.97 Å². The lowest BCUT2D eigenvalue weighted by molar-refractivity contribution is 0.0316. The molecule has 3 nitrogen and oxygen atoms in total. The maximum absolute atomic E-state index is 12.1. The number of hydrogen-bond acceptors (Lipinski definition) is 3. The van der Waals surface area contributed by atoms with Gasteiger partial charge in [-0.1, -0.05) is 57.7 Å². The van der Waals surface area contributed by atoms with Crippen molar-refractivity contribution in [3.8, 4) is 0 Å². The third-order valence-corrected chi connectivity index (χ3v) is 4.20. The minimum atomic E-state index is -0.269. The molecule has 0 amide bonds. The van der Waals surface area contributed by atoms with Crippen molar-refractivity contribution < 1.29 is 14.6 Å². The predicted octanol–water partition coefficient (Wildman–Crippen LogP) is 4.45. The van der Waals surface area contributed by atoms with Gasteiger partial charge in [-0.2, -0.15) is 0 Å². The number of rotatable bonds is 11. The van der Waals surface area contributed by atoms with Crippen molar-refractivity contribution in [2.45, 2.75) is 52.4 Å². The molecule has 22 heavy (non-hydrogen) atoms. The van der Waals surface area contributed by atoms with Crippen molar-refractivity contribution in [1.29, 1.82) is 0 Å². The number of unbranched alkanes of at least 4 members (excludes halogenated alkanes) is 2. The quantitative estimate of drug-likeness (QED) is 0.614. The molecular weight excluding hydrogens is 276 g/mol. The molecule has 3 heteroatoms. The molecule has 0 bridgehead atoms. The van der Waals surface area contributed by atoms with Gasteiger partial charge in [0.2, 0.25) is 0 Å². The van der Waals surface area contributed by atoms with Crippen LogP contribution in [-0.4, -0.2) is 24.3 Å². The highest BCUT2D eigenvalue weighted by atomic mass is 16.5. The van der Waals surface area contributed by atoms with E-state index >= 15 is 0 Å². The van der Waals surface area contributed by atoms with Crippen molar-refractivity contribution in [2.75, 3.05) is 13.2 Å².